The number of anilines is 2. The van der Waals surface area contributed by atoms with E-state index in [9.17, 15) is 4.79 Å². The van der Waals surface area contributed by atoms with Gasteiger partial charge >= 0.3 is 0 Å². The predicted molar refractivity (Wildman–Crippen MR) is 87.6 cm³/mol. The van der Waals surface area contributed by atoms with Crippen LogP contribution < -0.4 is 10.6 Å². The number of aromatic nitrogens is 1. The second-order valence-electron chi connectivity index (χ2n) is 4.45. The van der Waals surface area contributed by atoms with E-state index in [1.165, 1.54) is 17.6 Å². The van der Waals surface area contributed by atoms with Crippen LogP contribution in [0.25, 0.3) is 0 Å². The highest BCUT2D eigenvalue weighted by Crippen LogP contribution is 2.21. The number of rotatable bonds is 5. The van der Waals surface area contributed by atoms with Gasteiger partial charge in [-0.1, -0.05) is 17.7 Å². The zero-order chi connectivity index (χ0) is 15.4. The zero-order valence-electron chi connectivity index (χ0n) is 11.4. The van der Waals surface area contributed by atoms with E-state index in [-0.39, 0.29) is 11.7 Å². The first kappa shape index (κ1) is 14.6. The van der Waals surface area contributed by atoms with E-state index >= 15 is 0 Å². The normalized spacial score (nSPS) is 10.4. The van der Waals surface area contributed by atoms with E-state index in [1.807, 2.05) is 24.3 Å². The Morgan fingerprint density at radius 1 is 1.27 bits per heavy atom. The van der Waals surface area contributed by atoms with Gasteiger partial charge in [0.1, 0.15) is 0 Å². The van der Waals surface area contributed by atoms with Crippen molar-refractivity contribution in [2.75, 3.05) is 10.6 Å². The molecule has 2 heterocycles. The molecular formula is C15H12ClN3O2S. The first-order chi connectivity index (χ1) is 10.7. The minimum Gasteiger partial charge on any atom is -0.459 e. The Bertz CT molecular complexity index is 771. The number of thiazole rings is 1. The molecule has 0 radical (unpaired) electrons. The largest absolute Gasteiger partial charge is 0.459 e. The minimum absolute atomic E-state index is 0.276. The standard InChI is InChI=1S/C15H12ClN3O2S/c16-15-18-9-12(22-15)8-17-10-3-1-4-11(7-10)19-14(20)13-5-2-6-21-13/h1-7,9,17H,8H2,(H,19,20). The maximum atomic E-state index is 11.9. The van der Waals surface area contributed by atoms with Crippen molar-refractivity contribution in [3.63, 3.8) is 0 Å². The van der Waals surface area contributed by atoms with Crippen molar-refractivity contribution in [1.29, 1.82) is 0 Å². The van der Waals surface area contributed by atoms with Gasteiger partial charge in [0.15, 0.2) is 10.2 Å². The summed E-state index contributed by atoms with van der Waals surface area (Å²) in [7, 11) is 0. The molecule has 1 aromatic carbocycles. The van der Waals surface area contributed by atoms with Crippen molar-refractivity contribution >= 4 is 40.2 Å². The van der Waals surface area contributed by atoms with Gasteiger partial charge in [0.05, 0.1) is 12.8 Å². The summed E-state index contributed by atoms with van der Waals surface area (Å²) in [6.45, 7) is 0.625. The van der Waals surface area contributed by atoms with Gasteiger partial charge in [0, 0.05) is 22.4 Å². The third-order valence-corrected chi connectivity index (χ3v) is 3.97. The summed E-state index contributed by atoms with van der Waals surface area (Å²) in [6.07, 6.45) is 3.20. The number of carbonyl (C=O) groups is 1. The third-order valence-electron chi connectivity index (χ3n) is 2.86. The van der Waals surface area contributed by atoms with Crippen LogP contribution in [0.3, 0.4) is 0 Å². The van der Waals surface area contributed by atoms with Crippen molar-refractivity contribution < 1.29 is 9.21 Å². The van der Waals surface area contributed by atoms with Crippen molar-refractivity contribution in [1.82, 2.24) is 4.98 Å². The number of amides is 1. The Balaban J connectivity index is 1.63. The predicted octanol–water partition coefficient (Wildman–Crippen LogP) is 4.25. The molecule has 2 aromatic heterocycles. The van der Waals surface area contributed by atoms with Crippen molar-refractivity contribution in [3.8, 4) is 0 Å². The first-order valence-electron chi connectivity index (χ1n) is 6.50. The van der Waals surface area contributed by atoms with Gasteiger partial charge in [-0.25, -0.2) is 4.98 Å². The lowest BCUT2D eigenvalue weighted by Gasteiger charge is -2.08. The van der Waals surface area contributed by atoms with Crippen LogP contribution in [0.4, 0.5) is 11.4 Å². The Labute approximate surface area is 135 Å². The number of hydrogen-bond acceptors (Lipinski definition) is 5. The van der Waals surface area contributed by atoms with Gasteiger partial charge in [0.2, 0.25) is 0 Å². The molecule has 5 nitrogen and oxygen atoms in total. The average molecular weight is 334 g/mol. The van der Waals surface area contributed by atoms with Crippen LogP contribution >= 0.6 is 22.9 Å². The number of nitrogens with one attached hydrogen (secondary N) is 2. The number of benzene rings is 1. The van der Waals surface area contributed by atoms with E-state index in [4.69, 9.17) is 16.0 Å². The molecule has 0 saturated carbocycles. The Kier molecular flexibility index (Phi) is 4.41. The fourth-order valence-electron chi connectivity index (χ4n) is 1.86. The summed E-state index contributed by atoms with van der Waals surface area (Å²) in [5, 5.41) is 6.04. The molecule has 1 amide bonds. The molecule has 22 heavy (non-hydrogen) atoms. The lowest BCUT2D eigenvalue weighted by atomic mass is 10.2. The van der Waals surface area contributed by atoms with Crippen LogP contribution in [-0.4, -0.2) is 10.9 Å². The second kappa shape index (κ2) is 6.64. The van der Waals surface area contributed by atoms with E-state index in [1.54, 1.807) is 18.3 Å². The number of nitrogens with zero attached hydrogens (tertiary/aromatic N) is 1. The van der Waals surface area contributed by atoms with Gasteiger partial charge < -0.3 is 15.1 Å². The number of carbonyl (C=O) groups excluding carboxylic acids is 1. The van der Waals surface area contributed by atoms with Crippen LogP contribution in [0.2, 0.25) is 4.47 Å². The lowest BCUT2D eigenvalue weighted by Crippen LogP contribution is -2.11. The smallest absolute Gasteiger partial charge is 0.291 e. The summed E-state index contributed by atoms with van der Waals surface area (Å²) >= 11 is 7.23. The molecule has 0 aliphatic rings. The minimum atomic E-state index is -0.281. The fourth-order valence-corrected chi connectivity index (χ4v) is 2.78. The quantitative estimate of drug-likeness (QED) is 0.732. The molecule has 0 fully saturated rings. The molecule has 0 unspecified atom stereocenters. The molecule has 0 atom stereocenters. The molecule has 0 saturated heterocycles. The Morgan fingerprint density at radius 3 is 2.86 bits per heavy atom. The summed E-state index contributed by atoms with van der Waals surface area (Å²) < 4.78 is 5.58. The maximum absolute atomic E-state index is 11.9. The highest BCUT2D eigenvalue weighted by atomic mass is 35.5. The number of furan rings is 1. The average Bonchev–Trinajstić information content (AvgIpc) is 3.17. The SMILES string of the molecule is O=C(Nc1cccc(NCc2cnc(Cl)s2)c1)c1ccco1. The van der Waals surface area contributed by atoms with Gasteiger partial charge in [0.25, 0.3) is 5.91 Å². The fraction of sp³-hybridized carbons (Fsp3) is 0.0667. The maximum Gasteiger partial charge on any atom is 0.291 e. The molecule has 112 valence electrons. The number of halogens is 1. The van der Waals surface area contributed by atoms with Crippen molar-refractivity contribution in [2.24, 2.45) is 0 Å². The summed E-state index contributed by atoms with van der Waals surface area (Å²) in [5.41, 5.74) is 1.58. The second-order valence-corrected chi connectivity index (χ2v) is 6.14. The Morgan fingerprint density at radius 2 is 2.14 bits per heavy atom. The number of hydrogen-bond donors (Lipinski definition) is 2. The molecule has 7 heteroatoms. The molecule has 0 bridgehead atoms. The zero-order valence-corrected chi connectivity index (χ0v) is 12.9. The summed E-state index contributed by atoms with van der Waals surface area (Å²) in [4.78, 5) is 16.9. The molecule has 0 aliphatic heterocycles. The highest BCUT2D eigenvalue weighted by molar-refractivity contribution is 7.15. The summed E-state index contributed by atoms with van der Waals surface area (Å²) in [5.74, 6) is -0.00551. The van der Waals surface area contributed by atoms with Crippen LogP contribution in [-0.2, 0) is 6.54 Å². The Hall–Kier alpha value is -2.31. The first-order valence-corrected chi connectivity index (χ1v) is 7.69. The van der Waals surface area contributed by atoms with Crippen molar-refractivity contribution in [2.45, 2.75) is 6.54 Å². The summed E-state index contributed by atoms with van der Waals surface area (Å²) in [6, 6.07) is 10.7. The van der Waals surface area contributed by atoms with Crippen LogP contribution in [0, 0.1) is 0 Å². The van der Waals surface area contributed by atoms with Gasteiger partial charge in [-0.05, 0) is 30.3 Å². The molecular weight excluding hydrogens is 322 g/mol. The lowest BCUT2D eigenvalue weighted by molar-refractivity contribution is 0.0996. The van der Waals surface area contributed by atoms with Gasteiger partial charge in [-0.2, -0.15) is 0 Å². The van der Waals surface area contributed by atoms with Crippen LogP contribution in [0.1, 0.15) is 15.4 Å². The van der Waals surface area contributed by atoms with Gasteiger partial charge in [-0.3, -0.25) is 4.79 Å². The third kappa shape index (κ3) is 3.66. The molecule has 2 N–H and O–H groups in total. The molecule has 0 aliphatic carbocycles. The molecule has 0 spiro atoms. The highest BCUT2D eigenvalue weighted by Gasteiger charge is 2.08. The molecule has 3 rings (SSSR count). The topological polar surface area (TPSA) is 67.2 Å². The van der Waals surface area contributed by atoms with E-state index in [0.29, 0.717) is 16.7 Å². The monoisotopic (exact) mass is 333 g/mol. The van der Waals surface area contributed by atoms with Crippen molar-refractivity contribution in [3.05, 3.63) is 64.0 Å². The van der Waals surface area contributed by atoms with E-state index < -0.39 is 0 Å². The van der Waals surface area contributed by atoms with Gasteiger partial charge in [-0.15, -0.1) is 11.3 Å². The van der Waals surface area contributed by atoms with Crippen LogP contribution in [0.15, 0.2) is 53.3 Å². The van der Waals surface area contributed by atoms with Crippen LogP contribution in [0.5, 0.6) is 0 Å². The molecule has 3 aromatic rings. The van der Waals surface area contributed by atoms with E-state index in [2.05, 4.69) is 15.6 Å². The van der Waals surface area contributed by atoms with E-state index in [0.717, 1.165) is 10.6 Å².